The van der Waals surface area contributed by atoms with Crippen molar-refractivity contribution >= 4 is 29.2 Å². The Morgan fingerprint density at radius 2 is 2.17 bits per heavy atom. The number of hydrogen-bond donors (Lipinski definition) is 1. The number of carbonyl (C=O) groups excluding carboxylic acids is 1. The van der Waals surface area contributed by atoms with Gasteiger partial charge in [0.05, 0.1) is 5.88 Å². The Morgan fingerprint density at radius 3 is 2.61 bits per heavy atom. The number of carbonyl (C=O) groups is 1. The van der Waals surface area contributed by atoms with Crippen molar-refractivity contribution in [3.05, 3.63) is 35.4 Å². The minimum Gasteiger partial charge on any atom is -0.443 e. The second-order valence-corrected chi connectivity index (χ2v) is 4.27. The minimum atomic E-state index is -2.15. The number of benzene rings is 1. The molecular formula is C11H10Cl2F2O3. The summed E-state index contributed by atoms with van der Waals surface area (Å²) < 4.78 is 30.9. The van der Waals surface area contributed by atoms with Crippen molar-refractivity contribution in [1.29, 1.82) is 0 Å². The van der Waals surface area contributed by atoms with Crippen LogP contribution in [0.5, 0.6) is 0 Å². The van der Waals surface area contributed by atoms with Crippen LogP contribution in [-0.2, 0) is 15.1 Å². The van der Waals surface area contributed by atoms with Gasteiger partial charge in [-0.3, -0.25) is 4.79 Å². The quantitative estimate of drug-likeness (QED) is 0.686. The maximum Gasteiger partial charge on any atom is 0.304 e. The van der Waals surface area contributed by atoms with E-state index in [0.29, 0.717) is 6.07 Å². The summed E-state index contributed by atoms with van der Waals surface area (Å²) in [7, 11) is 0. The maximum atomic E-state index is 13.6. The standard InChI is InChI=1S/C11H10Cl2F2O3/c1-6(16)18-10(13)11(17,5-12)8-3-2-7(14)4-9(8)15/h2-4,10,17H,5H2,1H3. The highest BCUT2D eigenvalue weighted by atomic mass is 35.5. The Kier molecular flexibility index (Phi) is 4.90. The first-order valence-corrected chi connectivity index (χ1v) is 5.83. The van der Waals surface area contributed by atoms with Gasteiger partial charge in [-0.1, -0.05) is 17.7 Å². The highest BCUT2D eigenvalue weighted by Crippen LogP contribution is 2.33. The number of esters is 1. The van der Waals surface area contributed by atoms with E-state index in [9.17, 15) is 18.7 Å². The van der Waals surface area contributed by atoms with Crippen molar-refractivity contribution in [3.8, 4) is 0 Å². The molecule has 2 unspecified atom stereocenters. The van der Waals surface area contributed by atoms with Crippen molar-refractivity contribution in [2.75, 3.05) is 5.88 Å². The summed E-state index contributed by atoms with van der Waals surface area (Å²) in [6, 6.07) is 2.50. The third-order valence-electron chi connectivity index (χ3n) is 2.25. The van der Waals surface area contributed by atoms with E-state index in [1.807, 2.05) is 0 Å². The summed E-state index contributed by atoms with van der Waals surface area (Å²) in [4.78, 5) is 10.8. The normalized spacial score (nSPS) is 15.9. The Morgan fingerprint density at radius 1 is 1.56 bits per heavy atom. The molecule has 0 amide bonds. The molecule has 0 aromatic heterocycles. The monoisotopic (exact) mass is 298 g/mol. The fraction of sp³-hybridized carbons (Fsp3) is 0.364. The summed E-state index contributed by atoms with van der Waals surface area (Å²) >= 11 is 11.2. The van der Waals surface area contributed by atoms with Crippen LogP contribution in [0.2, 0.25) is 0 Å². The van der Waals surface area contributed by atoms with Gasteiger partial charge in [0.15, 0.2) is 5.60 Å². The molecule has 100 valence electrons. The van der Waals surface area contributed by atoms with E-state index in [0.717, 1.165) is 19.1 Å². The molecule has 0 heterocycles. The topological polar surface area (TPSA) is 46.5 Å². The third kappa shape index (κ3) is 3.10. The predicted octanol–water partition coefficient (Wildman–Crippen LogP) is 2.52. The van der Waals surface area contributed by atoms with Crippen molar-refractivity contribution in [3.63, 3.8) is 0 Å². The van der Waals surface area contributed by atoms with Crippen LogP contribution in [0.3, 0.4) is 0 Å². The molecule has 3 nitrogen and oxygen atoms in total. The number of hydrogen-bond acceptors (Lipinski definition) is 3. The Labute approximate surface area is 112 Å². The molecule has 1 rings (SSSR count). The molecular weight excluding hydrogens is 289 g/mol. The van der Waals surface area contributed by atoms with Gasteiger partial charge in [-0.05, 0) is 6.07 Å². The van der Waals surface area contributed by atoms with Crippen LogP contribution >= 0.6 is 23.2 Å². The fourth-order valence-corrected chi connectivity index (χ4v) is 2.02. The van der Waals surface area contributed by atoms with E-state index in [-0.39, 0.29) is 5.56 Å². The molecule has 1 N–H and O–H groups in total. The summed E-state index contributed by atoms with van der Waals surface area (Å²) in [5.41, 5.74) is -4.08. The molecule has 7 heteroatoms. The highest BCUT2D eigenvalue weighted by Gasteiger charge is 2.41. The van der Waals surface area contributed by atoms with E-state index in [4.69, 9.17) is 23.2 Å². The van der Waals surface area contributed by atoms with Gasteiger partial charge in [-0.15, -0.1) is 11.6 Å². The van der Waals surface area contributed by atoms with Crippen LogP contribution in [0.25, 0.3) is 0 Å². The Bertz CT molecular complexity index is 456. The number of rotatable bonds is 4. The van der Waals surface area contributed by atoms with Crippen LogP contribution < -0.4 is 0 Å². The van der Waals surface area contributed by atoms with Crippen LogP contribution in [-0.4, -0.2) is 22.5 Å². The zero-order valence-corrected chi connectivity index (χ0v) is 10.8. The van der Waals surface area contributed by atoms with Crippen molar-refractivity contribution in [2.24, 2.45) is 0 Å². The molecule has 1 aromatic rings. The van der Waals surface area contributed by atoms with Crippen molar-refractivity contribution in [1.82, 2.24) is 0 Å². The maximum absolute atomic E-state index is 13.6. The minimum absolute atomic E-state index is 0.347. The van der Waals surface area contributed by atoms with Crippen molar-refractivity contribution < 1.29 is 23.4 Å². The first kappa shape index (κ1) is 15.1. The number of alkyl halides is 2. The van der Waals surface area contributed by atoms with Gasteiger partial charge in [0.25, 0.3) is 0 Å². The van der Waals surface area contributed by atoms with Crippen LogP contribution in [0, 0.1) is 11.6 Å². The average molecular weight is 299 g/mol. The summed E-state index contributed by atoms with van der Waals surface area (Å²) in [6.07, 6.45) is 0. The van der Waals surface area contributed by atoms with Crippen LogP contribution in [0.15, 0.2) is 18.2 Å². The van der Waals surface area contributed by atoms with Gasteiger partial charge in [-0.2, -0.15) is 0 Å². The summed E-state index contributed by atoms with van der Waals surface area (Å²) in [5, 5.41) is 10.2. The summed E-state index contributed by atoms with van der Waals surface area (Å²) in [6.45, 7) is 1.07. The summed E-state index contributed by atoms with van der Waals surface area (Å²) in [5.74, 6) is -3.14. The largest absolute Gasteiger partial charge is 0.443 e. The molecule has 0 aliphatic carbocycles. The number of aliphatic hydroxyl groups is 1. The lowest BCUT2D eigenvalue weighted by atomic mass is 9.96. The second kappa shape index (κ2) is 5.82. The molecule has 2 atom stereocenters. The van der Waals surface area contributed by atoms with Crippen LogP contribution in [0.1, 0.15) is 12.5 Å². The third-order valence-corrected chi connectivity index (χ3v) is 3.10. The zero-order chi connectivity index (χ0) is 13.9. The SMILES string of the molecule is CC(=O)OC(Cl)C(O)(CCl)c1ccc(F)cc1F. The lowest BCUT2D eigenvalue weighted by Crippen LogP contribution is -2.41. The highest BCUT2D eigenvalue weighted by molar-refractivity contribution is 6.23. The molecule has 0 bridgehead atoms. The van der Waals surface area contributed by atoms with E-state index in [1.165, 1.54) is 0 Å². The Balaban J connectivity index is 3.17. The molecule has 1 aromatic carbocycles. The van der Waals surface area contributed by atoms with E-state index in [1.54, 1.807) is 0 Å². The number of halogens is 4. The first-order chi connectivity index (χ1) is 8.31. The van der Waals surface area contributed by atoms with Gasteiger partial charge in [-0.25, -0.2) is 8.78 Å². The van der Waals surface area contributed by atoms with Crippen molar-refractivity contribution in [2.45, 2.75) is 18.1 Å². The Hall–Kier alpha value is -0.910. The lowest BCUT2D eigenvalue weighted by molar-refractivity contribution is -0.152. The molecule has 18 heavy (non-hydrogen) atoms. The predicted molar refractivity (Wildman–Crippen MR) is 62.4 cm³/mol. The fourth-order valence-electron chi connectivity index (χ4n) is 1.34. The van der Waals surface area contributed by atoms with Gasteiger partial charge in [0.1, 0.15) is 11.6 Å². The van der Waals surface area contributed by atoms with Gasteiger partial charge in [0.2, 0.25) is 5.56 Å². The second-order valence-electron chi connectivity index (χ2n) is 3.61. The molecule has 0 saturated carbocycles. The lowest BCUT2D eigenvalue weighted by Gasteiger charge is -2.30. The van der Waals surface area contributed by atoms with Gasteiger partial charge >= 0.3 is 5.97 Å². The van der Waals surface area contributed by atoms with E-state index < -0.39 is 34.6 Å². The van der Waals surface area contributed by atoms with E-state index in [2.05, 4.69) is 4.74 Å². The first-order valence-electron chi connectivity index (χ1n) is 4.86. The van der Waals surface area contributed by atoms with E-state index >= 15 is 0 Å². The molecule has 0 radical (unpaired) electrons. The van der Waals surface area contributed by atoms with Gasteiger partial charge < -0.3 is 9.84 Å². The zero-order valence-electron chi connectivity index (χ0n) is 9.29. The average Bonchev–Trinajstić information content (AvgIpc) is 2.27. The molecule has 0 saturated heterocycles. The smallest absolute Gasteiger partial charge is 0.304 e. The molecule has 0 spiro atoms. The molecule has 0 fully saturated rings. The van der Waals surface area contributed by atoms with Crippen LogP contribution in [0.4, 0.5) is 8.78 Å². The van der Waals surface area contributed by atoms with Gasteiger partial charge in [0, 0.05) is 18.6 Å². The number of ether oxygens (including phenoxy) is 1. The molecule has 0 aliphatic heterocycles. The molecule has 0 aliphatic rings.